The Labute approximate surface area is 100 Å². The number of carbonyl (C=O) groups is 1. The second-order valence-corrected chi connectivity index (χ2v) is 4.87. The molecule has 17 heavy (non-hydrogen) atoms. The Hall–Kier alpha value is -1.85. The molecular formula is C11H18N4O2. The average Bonchev–Trinajstić information content (AvgIpc) is 2.15. The number of aromatic nitrogens is 2. The van der Waals surface area contributed by atoms with E-state index < -0.39 is 12.0 Å². The van der Waals surface area contributed by atoms with Crippen LogP contribution in [0.3, 0.4) is 0 Å². The molecule has 6 nitrogen and oxygen atoms in total. The molecule has 0 aliphatic carbocycles. The molecule has 0 amide bonds. The van der Waals surface area contributed by atoms with Gasteiger partial charge in [0.05, 0.1) is 0 Å². The smallest absolute Gasteiger partial charge is 0.325 e. The van der Waals surface area contributed by atoms with Crippen molar-refractivity contribution >= 4 is 17.6 Å². The minimum absolute atomic E-state index is 0.107. The highest BCUT2D eigenvalue weighted by Gasteiger charge is 2.13. The first-order chi connectivity index (χ1) is 7.78. The number of anilines is 2. The third-order valence-electron chi connectivity index (χ3n) is 1.90. The number of hydrogen-bond acceptors (Lipinski definition) is 5. The molecule has 1 aromatic rings. The van der Waals surface area contributed by atoms with Gasteiger partial charge in [-0.3, -0.25) is 4.79 Å². The van der Waals surface area contributed by atoms with Crippen molar-refractivity contribution in [1.82, 2.24) is 9.97 Å². The lowest BCUT2D eigenvalue weighted by atomic mass is 10.1. The summed E-state index contributed by atoms with van der Waals surface area (Å²) in [5.74, 6) is 0.225. The molecule has 0 saturated carbocycles. The Balaban J connectivity index is 2.76. The van der Waals surface area contributed by atoms with Gasteiger partial charge in [0.25, 0.3) is 0 Å². The highest BCUT2D eigenvalue weighted by molar-refractivity contribution is 5.76. The van der Waals surface area contributed by atoms with Crippen molar-refractivity contribution in [2.75, 3.05) is 10.6 Å². The van der Waals surface area contributed by atoms with Crippen LogP contribution in [0.15, 0.2) is 12.4 Å². The maximum absolute atomic E-state index is 10.7. The predicted molar refractivity (Wildman–Crippen MR) is 66.1 cm³/mol. The molecule has 1 aromatic heterocycles. The van der Waals surface area contributed by atoms with Gasteiger partial charge >= 0.3 is 5.97 Å². The van der Waals surface area contributed by atoms with Gasteiger partial charge in [0.1, 0.15) is 24.0 Å². The molecule has 0 fully saturated rings. The largest absolute Gasteiger partial charge is 0.480 e. The number of hydrogen-bond donors (Lipinski definition) is 3. The number of carboxylic acids is 1. The van der Waals surface area contributed by atoms with Crippen LogP contribution in [0, 0.1) is 0 Å². The second kappa shape index (κ2) is 4.99. The Bertz CT molecular complexity index is 401. The molecule has 0 aromatic carbocycles. The van der Waals surface area contributed by atoms with Crippen LogP contribution in [0.4, 0.5) is 11.6 Å². The summed E-state index contributed by atoms with van der Waals surface area (Å²) in [6.07, 6.45) is 1.39. The highest BCUT2D eigenvalue weighted by atomic mass is 16.4. The number of nitrogens with one attached hydrogen (secondary N) is 2. The fourth-order valence-corrected chi connectivity index (χ4v) is 1.17. The molecule has 0 aliphatic heterocycles. The Morgan fingerprint density at radius 3 is 2.47 bits per heavy atom. The molecule has 0 spiro atoms. The van der Waals surface area contributed by atoms with E-state index in [9.17, 15) is 4.79 Å². The summed E-state index contributed by atoms with van der Waals surface area (Å²) in [6.45, 7) is 7.60. The zero-order valence-corrected chi connectivity index (χ0v) is 10.5. The minimum atomic E-state index is -0.922. The number of nitrogens with zero attached hydrogens (tertiary/aromatic N) is 2. The zero-order chi connectivity index (χ0) is 13.1. The van der Waals surface area contributed by atoms with Gasteiger partial charge in [-0.2, -0.15) is 0 Å². The van der Waals surface area contributed by atoms with Gasteiger partial charge in [-0.1, -0.05) is 0 Å². The van der Waals surface area contributed by atoms with E-state index in [4.69, 9.17) is 5.11 Å². The zero-order valence-electron chi connectivity index (χ0n) is 10.5. The van der Waals surface area contributed by atoms with E-state index in [2.05, 4.69) is 20.6 Å². The van der Waals surface area contributed by atoms with Gasteiger partial charge in [0, 0.05) is 11.6 Å². The van der Waals surface area contributed by atoms with Crippen molar-refractivity contribution in [3.63, 3.8) is 0 Å². The van der Waals surface area contributed by atoms with Crippen LogP contribution in [0.25, 0.3) is 0 Å². The van der Waals surface area contributed by atoms with Crippen molar-refractivity contribution < 1.29 is 9.90 Å². The van der Waals surface area contributed by atoms with E-state index in [0.29, 0.717) is 11.6 Å². The quantitative estimate of drug-likeness (QED) is 0.738. The third kappa shape index (κ3) is 4.67. The molecule has 1 atom stereocenters. The van der Waals surface area contributed by atoms with E-state index in [-0.39, 0.29) is 5.54 Å². The second-order valence-electron chi connectivity index (χ2n) is 4.87. The lowest BCUT2D eigenvalue weighted by molar-refractivity contribution is -0.137. The highest BCUT2D eigenvalue weighted by Crippen LogP contribution is 2.14. The van der Waals surface area contributed by atoms with Crippen LogP contribution in [0.1, 0.15) is 27.7 Å². The molecular weight excluding hydrogens is 220 g/mol. The predicted octanol–water partition coefficient (Wildman–Crippen LogP) is 1.57. The van der Waals surface area contributed by atoms with Crippen LogP contribution >= 0.6 is 0 Å². The Kier molecular flexibility index (Phi) is 3.88. The number of carboxylic acid groups (broad SMARTS) is 1. The van der Waals surface area contributed by atoms with Gasteiger partial charge in [-0.15, -0.1) is 0 Å². The monoisotopic (exact) mass is 238 g/mol. The van der Waals surface area contributed by atoms with E-state index in [1.807, 2.05) is 20.8 Å². The minimum Gasteiger partial charge on any atom is -0.480 e. The van der Waals surface area contributed by atoms with Crippen LogP contribution in [-0.4, -0.2) is 32.6 Å². The SMILES string of the molecule is CC(Nc1cc(NC(C)(C)C)ncn1)C(=O)O. The molecule has 0 radical (unpaired) electrons. The van der Waals surface area contributed by atoms with E-state index in [1.54, 1.807) is 13.0 Å². The molecule has 1 heterocycles. The van der Waals surface area contributed by atoms with Gasteiger partial charge in [0.15, 0.2) is 0 Å². The first kappa shape index (κ1) is 13.2. The summed E-state index contributed by atoms with van der Waals surface area (Å²) in [7, 11) is 0. The maximum atomic E-state index is 10.7. The Morgan fingerprint density at radius 2 is 1.94 bits per heavy atom. The van der Waals surface area contributed by atoms with E-state index in [1.165, 1.54) is 6.33 Å². The molecule has 0 aliphatic rings. The van der Waals surface area contributed by atoms with Crippen LogP contribution in [0.2, 0.25) is 0 Å². The lowest BCUT2D eigenvalue weighted by Gasteiger charge is -2.21. The van der Waals surface area contributed by atoms with Gasteiger partial charge in [0.2, 0.25) is 0 Å². The fraction of sp³-hybridized carbons (Fsp3) is 0.545. The first-order valence-corrected chi connectivity index (χ1v) is 5.37. The summed E-state index contributed by atoms with van der Waals surface area (Å²) in [6, 6.07) is 0.998. The molecule has 94 valence electrons. The fourth-order valence-electron chi connectivity index (χ4n) is 1.17. The van der Waals surface area contributed by atoms with Gasteiger partial charge in [-0.05, 0) is 27.7 Å². The van der Waals surface area contributed by atoms with Crippen LogP contribution in [-0.2, 0) is 4.79 Å². The summed E-state index contributed by atoms with van der Waals surface area (Å²) < 4.78 is 0. The number of rotatable bonds is 4. The molecule has 3 N–H and O–H groups in total. The third-order valence-corrected chi connectivity index (χ3v) is 1.90. The standard InChI is InChI=1S/C11H18N4O2/c1-7(10(16)17)14-8-5-9(13-6-12-8)15-11(2,3)4/h5-7H,1-4H3,(H,16,17)(H2,12,13,14,15). The molecule has 1 unspecified atom stereocenters. The maximum Gasteiger partial charge on any atom is 0.325 e. The molecule has 0 saturated heterocycles. The lowest BCUT2D eigenvalue weighted by Crippen LogP contribution is -2.28. The molecule has 0 bridgehead atoms. The van der Waals surface area contributed by atoms with Gasteiger partial charge < -0.3 is 15.7 Å². The average molecular weight is 238 g/mol. The summed E-state index contributed by atoms with van der Waals surface area (Å²) in [5, 5.41) is 14.7. The van der Waals surface area contributed by atoms with E-state index >= 15 is 0 Å². The summed E-state index contributed by atoms with van der Waals surface area (Å²) in [5.41, 5.74) is -0.107. The summed E-state index contributed by atoms with van der Waals surface area (Å²) in [4.78, 5) is 18.7. The van der Waals surface area contributed by atoms with Crippen molar-refractivity contribution in [2.24, 2.45) is 0 Å². The van der Waals surface area contributed by atoms with Crippen molar-refractivity contribution in [3.8, 4) is 0 Å². The molecule has 6 heteroatoms. The van der Waals surface area contributed by atoms with Crippen molar-refractivity contribution in [3.05, 3.63) is 12.4 Å². The van der Waals surface area contributed by atoms with Gasteiger partial charge in [-0.25, -0.2) is 9.97 Å². The van der Waals surface area contributed by atoms with Crippen LogP contribution in [0.5, 0.6) is 0 Å². The van der Waals surface area contributed by atoms with Crippen molar-refractivity contribution in [2.45, 2.75) is 39.3 Å². The van der Waals surface area contributed by atoms with E-state index in [0.717, 1.165) is 0 Å². The summed E-state index contributed by atoms with van der Waals surface area (Å²) >= 11 is 0. The number of aliphatic carboxylic acids is 1. The topological polar surface area (TPSA) is 87.1 Å². The van der Waals surface area contributed by atoms with Crippen LogP contribution < -0.4 is 10.6 Å². The Morgan fingerprint density at radius 1 is 1.35 bits per heavy atom. The normalized spacial score (nSPS) is 12.9. The van der Waals surface area contributed by atoms with Crippen molar-refractivity contribution in [1.29, 1.82) is 0 Å². The molecule has 1 rings (SSSR count). The first-order valence-electron chi connectivity index (χ1n) is 5.37.